The zero-order chi connectivity index (χ0) is 14.7. The van der Waals surface area contributed by atoms with Crippen molar-refractivity contribution < 1.29 is 0 Å². The number of hydrogen-bond donors (Lipinski definition) is 0. The van der Waals surface area contributed by atoms with Crippen molar-refractivity contribution in [2.45, 2.75) is 13.8 Å². The van der Waals surface area contributed by atoms with Gasteiger partial charge in [0.15, 0.2) is 0 Å². The zero-order valence-corrected chi connectivity index (χ0v) is 13.2. The molecule has 0 aliphatic carbocycles. The minimum Gasteiger partial charge on any atom is -0.141 e. The van der Waals surface area contributed by atoms with Crippen LogP contribution >= 0.6 is 11.3 Å². The third-order valence-corrected chi connectivity index (χ3v) is 4.51. The molecule has 1 heteroatoms. The van der Waals surface area contributed by atoms with Crippen LogP contribution in [-0.4, -0.2) is 0 Å². The molecule has 0 saturated carbocycles. The van der Waals surface area contributed by atoms with E-state index in [9.17, 15) is 0 Å². The standard InChI is InChI=1S/C20H18S/c1-15-8-10-17(11-13-19-12-9-16(2)21-19)14-20(15)18-6-4-3-5-7-18/h3-14H,1-2H3. The van der Waals surface area contributed by atoms with Crippen LogP contribution < -0.4 is 0 Å². The van der Waals surface area contributed by atoms with Gasteiger partial charge in [-0.05, 0) is 60.4 Å². The summed E-state index contributed by atoms with van der Waals surface area (Å²) in [7, 11) is 0. The smallest absolute Gasteiger partial charge is 0.0273 e. The Balaban J connectivity index is 1.93. The minimum atomic E-state index is 1.24. The van der Waals surface area contributed by atoms with E-state index < -0.39 is 0 Å². The maximum atomic E-state index is 2.27. The molecular formula is C20H18S. The van der Waals surface area contributed by atoms with Crippen LogP contribution in [0.4, 0.5) is 0 Å². The van der Waals surface area contributed by atoms with E-state index in [4.69, 9.17) is 0 Å². The van der Waals surface area contributed by atoms with Gasteiger partial charge in [0.2, 0.25) is 0 Å². The van der Waals surface area contributed by atoms with Crippen molar-refractivity contribution in [1.29, 1.82) is 0 Å². The Morgan fingerprint density at radius 2 is 1.62 bits per heavy atom. The predicted octanol–water partition coefficient (Wildman–Crippen LogP) is 6.20. The van der Waals surface area contributed by atoms with E-state index in [-0.39, 0.29) is 0 Å². The van der Waals surface area contributed by atoms with Gasteiger partial charge < -0.3 is 0 Å². The summed E-state index contributed by atoms with van der Waals surface area (Å²) in [6, 6.07) is 21.5. The summed E-state index contributed by atoms with van der Waals surface area (Å²) in [5, 5.41) is 0. The third-order valence-electron chi connectivity index (χ3n) is 3.55. The van der Waals surface area contributed by atoms with Crippen LogP contribution in [0.1, 0.15) is 20.9 Å². The molecule has 0 fully saturated rings. The van der Waals surface area contributed by atoms with E-state index >= 15 is 0 Å². The fourth-order valence-corrected chi connectivity index (χ4v) is 3.17. The predicted molar refractivity (Wildman–Crippen MR) is 94.6 cm³/mol. The number of aryl methyl sites for hydroxylation is 2. The molecule has 0 spiro atoms. The van der Waals surface area contributed by atoms with Crippen molar-refractivity contribution in [1.82, 2.24) is 0 Å². The molecule has 0 saturated heterocycles. The molecule has 3 aromatic rings. The molecule has 0 N–H and O–H groups in total. The highest BCUT2D eigenvalue weighted by molar-refractivity contribution is 7.12. The van der Waals surface area contributed by atoms with Crippen molar-refractivity contribution in [3.63, 3.8) is 0 Å². The average Bonchev–Trinajstić information content (AvgIpc) is 2.93. The summed E-state index contributed by atoms with van der Waals surface area (Å²) in [6.45, 7) is 4.31. The lowest BCUT2D eigenvalue weighted by atomic mass is 9.98. The van der Waals surface area contributed by atoms with E-state index in [0.29, 0.717) is 0 Å². The summed E-state index contributed by atoms with van der Waals surface area (Å²) in [5.74, 6) is 0. The van der Waals surface area contributed by atoms with E-state index in [2.05, 4.69) is 86.7 Å². The van der Waals surface area contributed by atoms with Crippen LogP contribution in [0.15, 0.2) is 60.7 Å². The topological polar surface area (TPSA) is 0 Å². The van der Waals surface area contributed by atoms with Gasteiger partial charge in [-0.3, -0.25) is 0 Å². The molecule has 1 aromatic heterocycles. The quantitative estimate of drug-likeness (QED) is 0.538. The van der Waals surface area contributed by atoms with Gasteiger partial charge in [-0.2, -0.15) is 0 Å². The molecule has 2 aromatic carbocycles. The lowest BCUT2D eigenvalue weighted by Crippen LogP contribution is -1.84. The van der Waals surface area contributed by atoms with Crippen LogP contribution in [0.3, 0.4) is 0 Å². The second-order valence-corrected chi connectivity index (χ2v) is 6.54. The van der Waals surface area contributed by atoms with Crippen molar-refractivity contribution >= 4 is 23.5 Å². The van der Waals surface area contributed by atoms with Crippen molar-refractivity contribution in [3.05, 3.63) is 81.5 Å². The minimum absolute atomic E-state index is 1.24. The Hall–Kier alpha value is -2.12. The molecule has 0 atom stereocenters. The molecule has 0 aliphatic rings. The summed E-state index contributed by atoms with van der Waals surface area (Å²) < 4.78 is 0. The first kappa shape index (κ1) is 13.8. The largest absolute Gasteiger partial charge is 0.141 e. The van der Waals surface area contributed by atoms with Gasteiger partial charge in [0, 0.05) is 9.75 Å². The SMILES string of the molecule is Cc1ccc(C=Cc2ccc(C)c(-c3ccccc3)c2)s1. The van der Waals surface area contributed by atoms with Gasteiger partial charge in [-0.25, -0.2) is 0 Å². The summed E-state index contributed by atoms with van der Waals surface area (Å²) in [6.07, 6.45) is 4.38. The molecule has 0 bridgehead atoms. The number of hydrogen-bond acceptors (Lipinski definition) is 1. The highest BCUT2D eigenvalue weighted by atomic mass is 32.1. The van der Waals surface area contributed by atoms with Crippen LogP contribution in [0.2, 0.25) is 0 Å². The van der Waals surface area contributed by atoms with E-state index in [1.54, 1.807) is 0 Å². The molecular weight excluding hydrogens is 272 g/mol. The molecule has 21 heavy (non-hydrogen) atoms. The monoisotopic (exact) mass is 290 g/mol. The summed E-state index contributed by atoms with van der Waals surface area (Å²) in [4.78, 5) is 2.65. The number of thiophene rings is 1. The second-order valence-electron chi connectivity index (χ2n) is 5.22. The first-order valence-electron chi connectivity index (χ1n) is 7.13. The zero-order valence-electron chi connectivity index (χ0n) is 12.3. The molecule has 104 valence electrons. The first-order chi connectivity index (χ1) is 10.2. The fourth-order valence-electron chi connectivity index (χ4n) is 2.39. The Morgan fingerprint density at radius 3 is 2.33 bits per heavy atom. The Bertz CT molecular complexity index is 764. The van der Waals surface area contributed by atoms with Gasteiger partial charge in [-0.15, -0.1) is 11.3 Å². The van der Waals surface area contributed by atoms with Crippen LogP contribution in [0, 0.1) is 13.8 Å². The fraction of sp³-hybridized carbons (Fsp3) is 0.100. The van der Waals surface area contributed by atoms with Crippen molar-refractivity contribution in [3.8, 4) is 11.1 Å². The number of rotatable bonds is 3. The second kappa shape index (κ2) is 6.11. The van der Waals surface area contributed by atoms with Gasteiger partial charge in [0.1, 0.15) is 0 Å². The molecule has 1 heterocycles. The highest BCUT2D eigenvalue weighted by Crippen LogP contribution is 2.25. The van der Waals surface area contributed by atoms with Gasteiger partial charge >= 0.3 is 0 Å². The van der Waals surface area contributed by atoms with E-state index in [1.807, 2.05) is 11.3 Å². The Morgan fingerprint density at radius 1 is 0.810 bits per heavy atom. The molecule has 0 aliphatic heterocycles. The van der Waals surface area contributed by atoms with Gasteiger partial charge in [0.25, 0.3) is 0 Å². The summed E-state index contributed by atoms with van der Waals surface area (Å²) in [5.41, 5.74) is 5.13. The van der Waals surface area contributed by atoms with Crippen LogP contribution in [-0.2, 0) is 0 Å². The summed E-state index contributed by atoms with van der Waals surface area (Å²) >= 11 is 1.82. The normalized spacial score (nSPS) is 11.1. The molecule has 3 rings (SSSR count). The molecule has 0 unspecified atom stereocenters. The Kier molecular flexibility index (Phi) is 4.03. The third kappa shape index (κ3) is 3.32. The lowest BCUT2D eigenvalue weighted by molar-refractivity contribution is 1.45. The highest BCUT2D eigenvalue weighted by Gasteiger charge is 2.02. The van der Waals surface area contributed by atoms with E-state index in [1.165, 1.54) is 32.0 Å². The maximum absolute atomic E-state index is 2.27. The maximum Gasteiger partial charge on any atom is 0.0273 e. The Labute approximate surface area is 130 Å². The van der Waals surface area contributed by atoms with Gasteiger partial charge in [-0.1, -0.05) is 48.5 Å². The molecule has 0 amide bonds. The first-order valence-corrected chi connectivity index (χ1v) is 7.94. The average molecular weight is 290 g/mol. The number of benzene rings is 2. The molecule has 0 radical (unpaired) electrons. The van der Waals surface area contributed by atoms with Crippen LogP contribution in [0.25, 0.3) is 23.3 Å². The van der Waals surface area contributed by atoms with Crippen molar-refractivity contribution in [2.24, 2.45) is 0 Å². The van der Waals surface area contributed by atoms with Crippen LogP contribution in [0.5, 0.6) is 0 Å². The van der Waals surface area contributed by atoms with E-state index in [0.717, 1.165) is 0 Å². The van der Waals surface area contributed by atoms with Gasteiger partial charge in [0.05, 0.1) is 0 Å². The van der Waals surface area contributed by atoms with Crippen molar-refractivity contribution in [2.75, 3.05) is 0 Å². The molecule has 0 nitrogen and oxygen atoms in total. The lowest BCUT2D eigenvalue weighted by Gasteiger charge is -2.07.